The Kier molecular flexibility index (Phi) is 11.8. The highest BCUT2D eigenvalue weighted by atomic mass is 32.2. The predicted octanol–water partition coefficient (Wildman–Crippen LogP) is 8.94. The fourth-order valence-electron chi connectivity index (χ4n) is 5.24. The lowest BCUT2D eigenvalue weighted by atomic mass is 9.91. The number of halogens is 3. The molecule has 4 unspecified atom stereocenters. The quantitative estimate of drug-likeness (QED) is 0.223. The number of aromatic nitrogens is 2. The second-order valence-corrected chi connectivity index (χ2v) is 12.5. The molecule has 1 aromatic heterocycles. The van der Waals surface area contributed by atoms with Crippen molar-refractivity contribution < 1.29 is 13.2 Å². The SMILES string of the molecule is CCCC(C)CC(CC(C)CC)NSc1ccc(Nc2ncc(C(C)(F)F)c(N3CCCC(C)C3)n2)c(F)c1. The molecule has 1 aliphatic heterocycles. The van der Waals surface area contributed by atoms with Crippen molar-refractivity contribution in [1.29, 1.82) is 0 Å². The van der Waals surface area contributed by atoms with Crippen molar-refractivity contribution in [1.82, 2.24) is 14.7 Å². The fraction of sp³-hybridized carbons (Fsp3) is 0.667. The molecule has 0 bridgehead atoms. The topological polar surface area (TPSA) is 53.1 Å². The molecule has 1 saturated heterocycles. The number of alkyl halides is 2. The van der Waals surface area contributed by atoms with Gasteiger partial charge in [-0.05, 0) is 73.6 Å². The normalized spacial score (nSPS) is 18.6. The van der Waals surface area contributed by atoms with Crippen molar-refractivity contribution in [2.45, 2.75) is 103 Å². The highest BCUT2D eigenvalue weighted by Gasteiger charge is 2.33. The minimum atomic E-state index is -3.08. The van der Waals surface area contributed by atoms with Gasteiger partial charge in [0.1, 0.15) is 11.6 Å². The molecule has 4 atom stereocenters. The van der Waals surface area contributed by atoms with Crippen LogP contribution in [0.3, 0.4) is 0 Å². The molecule has 39 heavy (non-hydrogen) atoms. The van der Waals surface area contributed by atoms with E-state index in [9.17, 15) is 8.78 Å². The Balaban J connectivity index is 1.72. The number of hydrogen-bond donors (Lipinski definition) is 2. The van der Waals surface area contributed by atoms with Gasteiger partial charge in [-0.2, -0.15) is 4.98 Å². The number of anilines is 3. The Morgan fingerprint density at radius 1 is 1.18 bits per heavy atom. The van der Waals surface area contributed by atoms with E-state index in [1.165, 1.54) is 30.9 Å². The molecule has 218 valence electrons. The van der Waals surface area contributed by atoms with Gasteiger partial charge in [-0.25, -0.2) is 18.2 Å². The van der Waals surface area contributed by atoms with Gasteiger partial charge in [-0.15, -0.1) is 0 Å². The predicted molar refractivity (Wildman–Crippen MR) is 157 cm³/mol. The zero-order chi connectivity index (χ0) is 28.6. The maximum Gasteiger partial charge on any atom is 0.275 e. The first-order valence-electron chi connectivity index (χ1n) is 14.5. The van der Waals surface area contributed by atoms with E-state index in [1.807, 2.05) is 11.0 Å². The third-order valence-corrected chi connectivity index (χ3v) is 8.52. The summed E-state index contributed by atoms with van der Waals surface area (Å²) in [6, 6.07) is 5.34. The largest absolute Gasteiger partial charge is 0.356 e. The monoisotopic (exact) mass is 565 g/mol. The molecule has 0 amide bonds. The van der Waals surface area contributed by atoms with E-state index in [4.69, 9.17) is 0 Å². The smallest absolute Gasteiger partial charge is 0.275 e. The molecule has 2 heterocycles. The highest BCUT2D eigenvalue weighted by molar-refractivity contribution is 7.97. The summed E-state index contributed by atoms with van der Waals surface area (Å²) < 4.78 is 47.4. The van der Waals surface area contributed by atoms with E-state index in [2.05, 4.69) is 54.6 Å². The van der Waals surface area contributed by atoms with E-state index >= 15 is 4.39 Å². The second kappa shape index (κ2) is 14.6. The van der Waals surface area contributed by atoms with Gasteiger partial charge in [-0.1, -0.05) is 53.9 Å². The van der Waals surface area contributed by atoms with Crippen LogP contribution in [0.5, 0.6) is 0 Å². The van der Waals surface area contributed by atoms with Crippen LogP contribution in [0.2, 0.25) is 0 Å². The van der Waals surface area contributed by atoms with E-state index in [0.29, 0.717) is 36.9 Å². The van der Waals surface area contributed by atoms with Crippen LogP contribution < -0.4 is 14.9 Å². The van der Waals surface area contributed by atoms with E-state index in [-0.39, 0.29) is 23.0 Å². The Labute approximate surface area is 237 Å². The van der Waals surface area contributed by atoms with Gasteiger partial charge in [0.05, 0.1) is 11.3 Å². The van der Waals surface area contributed by atoms with Crippen LogP contribution in [-0.2, 0) is 5.92 Å². The molecular formula is C30H46F3N5S. The molecule has 0 spiro atoms. The van der Waals surface area contributed by atoms with Gasteiger partial charge >= 0.3 is 0 Å². The van der Waals surface area contributed by atoms with Crippen molar-refractivity contribution in [3.05, 3.63) is 35.8 Å². The van der Waals surface area contributed by atoms with Crippen LogP contribution in [-0.4, -0.2) is 29.1 Å². The standard InChI is InChI=1S/C30H46F3N5S/c1-7-10-21(4)16-23(15-20(3)8-2)37-39-24-12-13-27(26(31)17-24)35-29-34-18-25(30(6,32)33)28(36-29)38-14-9-11-22(5)19-38/h12-13,17-18,20-23,37H,7-11,14-16,19H2,1-6H3,(H,34,35,36). The van der Waals surface area contributed by atoms with Gasteiger partial charge in [0.25, 0.3) is 5.92 Å². The lowest BCUT2D eigenvalue weighted by Gasteiger charge is -2.33. The van der Waals surface area contributed by atoms with Crippen molar-refractivity contribution in [2.24, 2.45) is 17.8 Å². The Hall–Kier alpha value is -2.00. The summed E-state index contributed by atoms with van der Waals surface area (Å²) in [4.78, 5) is 11.2. The maximum atomic E-state index is 15.1. The Morgan fingerprint density at radius 2 is 1.92 bits per heavy atom. The van der Waals surface area contributed by atoms with Gasteiger partial charge in [-0.3, -0.25) is 4.72 Å². The van der Waals surface area contributed by atoms with Crippen molar-refractivity contribution in [3.8, 4) is 0 Å². The Bertz CT molecular complexity index is 1050. The number of nitrogens with one attached hydrogen (secondary N) is 2. The molecule has 2 N–H and O–H groups in total. The van der Waals surface area contributed by atoms with Crippen LogP contribution in [0.4, 0.5) is 30.6 Å². The molecular weight excluding hydrogens is 519 g/mol. The minimum absolute atomic E-state index is 0.104. The molecule has 0 radical (unpaired) electrons. The van der Waals surface area contributed by atoms with Crippen LogP contribution in [0.1, 0.15) is 92.1 Å². The number of nitrogens with zero attached hydrogens (tertiary/aromatic N) is 3. The summed E-state index contributed by atoms with van der Waals surface area (Å²) in [5.41, 5.74) is 0.00156. The van der Waals surface area contributed by atoms with E-state index in [0.717, 1.165) is 50.1 Å². The Morgan fingerprint density at radius 3 is 2.56 bits per heavy atom. The molecule has 3 rings (SSSR count). The van der Waals surface area contributed by atoms with Crippen LogP contribution in [0, 0.1) is 23.6 Å². The lowest BCUT2D eigenvalue weighted by molar-refractivity contribution is 0.0172. The number of benzene rings is 1. The number of hydrogen-bond acceptors (Lipinski definition) is 6. The average Bonchev–Trinajstić information content (AvgIpc) is 2.88. The number of rotatable bonds is 14. The minimum Gasteiger partial charge on any atom is -0.356 e. The number of piperidine rings is 1. The van der Waals surface area contributed by atoms with E-state index in [1.54, 1.807) is 6.07 Å². The highest BCUT2D eigenvalue weighted by Crippen LogP contribution is 2.36. The zero-order valence-electron chi connectivity index (χ0n) is 24.4. The van der Waals surface area contributed by atoms with Gasteiger partial charge in [0, 0.05) is 37.1 Å². The fourth-order valence-corrected chi connectivity index (χ4v) is 6.03. The summed E-state index contributed by atoms with van der Waals surface area (Å²) >= 11 is 1.46. The molecule has 0 aliphatic carbocycles. The van der Waals surface area contributed by atoms with Gasteiger partial charge < -0.3 is 10.2 Å². The average molecular weight is 566 g/mol. The van der Waals surface area contributed by atoms with Crippen molar-refractivity contribution in [3.63, 3.8) is 0 Å². The molecule has 1 fully saturated rings. The third kappa shape index (κ3) is 9.55. The van der Waals surface area contributed by atoms with Gasteiger partial charge in [0.2, 0.25) is 5.95 Å². The molecule has 1 aliphatic rings. The van der Waals surface area contributed by atoms with Gasteiger partial charge in [0.15, 0.2) is 0 Å². The zero-order valence-corrected chi connectivity index (χ0v) is 25.2. The molecule has 2 aromatic rings. The van der Waals surface area contributed by atoms with Crippen molar-refractivity contribution >= 4 is 29.4 Å². The summed E-state index contributed by atoms with van der Waals surface area (Å²) in [6.45, 7) is 13.3. The molecule has 0 saturated carbocycles. The summed E-state index contributed by atoms with van der Waals surface area (Å²) in [5.74, 6) is -1.55. The van der Waals surface area contributed by atoms with Crippen LogP contribution in [0.15, 0.2) is 29.3 Å². The van der Waals surface area contributed by atoms with Crippen LogP contribution >= 0.6 is 11.9 Å². The molecule has 9 heteroatoms. The molecule has 5 nitrogen and oxygen atoms in total. The first kappa shape index (κ1) is 31.5. The summed E-state index contributed by atoms with van der Waals surface area (Å²) in [6.07, 6.45) is 8.83. The summed E-state index contributed by atoms with van der Waals surface area (Å²) in [7, 11) is 0. The second-order valence-electron chi connectivity index (χ2n) is 11.6. The summed E-state index contributed by atoms with van der Waals surface area (Å²) in [5, 5.41) is 2.91. The van der Waals surface area contributed by atoms with Crippen LogP contribution in [0.25, 0.3) is 0 Å². The molecule has 1 aromatic carbocycles. The van der Waals surface area contributed by atoms with E-state index < -0.39 is 11.7 Å². The first-order chi connectivity index (χ1) is 18.5. The van der Waals surface area contributed by atoms with Crippen molar-refractivity contribution in [2.75, 3.05) is 23.3 Å². The maximum absolute atomic E-state index is 15.1. The third-order valence-electron chi connectivity index (χ3n) is 7.58. The first-order valence-corrected chi connectivity index (χ1v) is 15.3. The lowest BCUT2D eigenvalue weighted by Crippen LogP contribution is -2.36.